The molecular formula is C21H26N2O4S. The second-order valence-corrected chi connectivity index (χ2v) is 8.91. The third-order valence-corrected chi connectivity index (χ3v) is 6.66. The number of sulfonamides is 1. The van der Waals surface area contributed by atoms with Crippen molar-refractivity contribution in [1.29, 1.82) is 0 Å². The molecule has 28 heavy (non-hydrogen) atoms. The molecule has 1 aliphatic heterocycles. The van der Waals surface area contributed by atoms with Gasteiger partial charge in [-0.25, -0.2) is 13.2 Å². The Morgan fingerprint density at radius 2 is 1.68 bits per heavy atom. The number of nitrogens with zero attached hydrogens (tertiary/aromatic N) is 2. The largest absolute Gasteiger partial charge is 0.465 e. The van der Waals surface area contributed by atoms with Crippen molar-refractivity contribution in [3.63, 3.8) is 0 Å². The zero-order valence-corrected chi connectivity index (χ0v) is 16.9. The predicted octanol–water partition coefficient (Wildman–Crippen LogP) is 2.91. The van der Waals surface area contributed by atoms with Gasteiger partial charge >= 0.3 is 5.97 Å². The van der Waals surface area contributed by atoms with Crippen LogP contribution in [-0.4, -0.2) is 51.8 Å². The highest BCUT2D eigenvalue weighted by Crippen LogP contribution is 2.22. The number of likely N-dealkylation sites (tertiary alicyclic amines) is 1. The Morgan fingerprint density at radius 3 is 2.29 bits per heavy atom. The monoisotopic (exact) mass is 402 g/mol. The van der Waals surface area contributed by atoms with E-state index in [1.54, 1.807) is 36.4 Å². The van der Waals surface area contributed by atoms with E-state index in [0.717, 1.165) is 31.5 Å². The molecule has 1 heterocycles. The van der Waals surface area contributed by atoms with Crippen molar-refractivity contribution >= 4 is 21.7 Å². The van der Waals surface area contributed by atoms with Crippen molar-refractivity contribution in [2.24, 2.45) is 0 Å². The number of rotatable bonds is 8. The quantitative estimate of drug-likeness (QED) is 0.635. The molecule has 0 amide bonds. The first kappa shape index (κ1) is 20.4. The van der Waals surface area contributed by atoms with Gasteiger partial charge in [-0.2, -0.15) is 0 Å². The van der Waals surface area contributed by atoms with Gasteiger partial charge in [-0.1, -0.05) is 30.3 Å². The third kappa shape index (κ3) is 5.11. The molecule has 0 bridgehead atoms. The molecule has 0 unspecified atom stereocenters. The molecule has 7 heteroatoms. The number of ether oxygens (including phenoxy) is 1. The predicted molar refractivity (Wildman–Crippen MR) is 110 cm³/mol. The number of anilines is 1. The van der Waals surface area contributed by atoms with Crippen LogP contribution in [0.1, 0.15) is 28.8 Å². The highest BCUT2D eigenvalue weighted by Gasteiger charge is 2.24. The van der Waals surface area contributed by atoms with Gasteiger partial charge in [0.2, 0.25) is 10.0 Å². The number of para-hydroxylation sites is 1. The smallest absolute Gasteiger partial charge is 0.337 e. The zero-order chi connectivity index (χ0) is 20.0. The molecular weight excluding hydrogens is 376 g/mol. The summed E-state index contributed by atoms with van der Waals surface area (Å²) in [5.74, 6) is -0.327. The van der Waals surface area contributed by atoms with E-state index in [1.807, 2.05) is 18.2 Å². The molecule has 3 rings (SSSR count). The van der Waals surface area contributed by atoms with Gasteiger partial charge in [0.15, 0.2) is 0 Å². The highest BCUT2D eigenvalue weighted by molar-refractivity contribution is 7.92. The van der Waals surface area contributed by atoms with Gasteiger partial charge in [0.25, 0.3) is 0 Å². The van der Waals surface area contributed by atoms with Gasteiger partial charge in [-0.3, -0.25) is 4.31 Å². The molecule has 2 aromatic rings. The van der Waals surface area contributed by atoms with Crippen LogP contribution in [0.3, 0.4) is 0 Å². The molecule has 0 spiro atoms. The van der Waals surface area contributed by atoms with E-state index >= 15 is 0 Å². The van der Waals surface area contributed by atoms with Crippen LogP contribution in [0.15, 0.2) is 54.6 Å². The summed E-state index contributed by atoms with van der Waals surface area (Å²) >= 11 is 0. The van der Waals surface area contributed by atoms with Crippen LogP contribution in [0.5, 0.6) is 0 Å². The minimum Gasteiger partial charge on any atom is -0.465 e. The van der Waals surface area contributed by atoms with Crippen LogP contribution >= 0.6 is 0 Å². The molecule has 1 fully saturated rings. The zero-order valence-electron chi connectivity index (χ0n) is 16.1. The number of methoxy groups -OCH3 is 1. The van der Waals surface area contributed by atoms with E-state index in [0.29, 0.717) is 17.8 Å². The molecule has 0 atom stereocenters. The molecule has 0 saturated carbocycles. The van der Waals surface area contributed by atoms with E-state index in [4.69, 9.17) is 4.74 Å². The average Bonchev–Trinajstić information content (AvgIpc) is 3.25. The maximum Gasteiger partial charge on any atom is 0.337 e. The topological polar surface area (TPSA) is 66.9 Å². The number of benzene rings is 2. The number of carbonyl (C=O) groups excluding carboxylic acids is 1. The minimum atomic E-state index is -3.49. The summed E-state index contributed by atoms with van der Waals surface area (Å²) in [6.07, 6.45) is 2.27. The first-order valence-corrected chi connectivity index (χ1v) is 11.1. The van der Waals surface area contributed by atoms with Crippen LogP contribution in [0.2, 0.25) is 0 Å². The van der Waals surface area contributed by atoms with Crippen LogP contribution < -0.4 is 4.31 Å². The van der Waals surface area contributed by atoms with E-state index in [1.165, 1.54) is 11.4 Å². The van der Waals surface area contributed by atoms with Crippen LogP contribution in [0.25, 0.3) is 0 Å². The highest BCUT2D eigenvalue weighted by atomic mass is 32.2. The average molecular weight is 403 g/mol. The Morgan fingerprint density at radius 1 is 1.04 bits per heavy atom. The van der Waals surface area contributed by atoms with Crippen LogP contribution in [0.4, 0.5) is 5.69 Å². The van der Waals surface area contributed by atoms with Crippen molar-refractivity contribution in [3.8, 4) is 0 Å². The molecule has 0 aromatic heterocycles. The van der Waals surface area contributed by atoms with Gasteiger partial charge < -0.3 is 9.64 Å². The van der Waals surface area contributed by atoms with Gasteiger partial charge in [0, 0.05) is 6.54 Å². The number of hydrogen-bond donors (Lipinski definition) is 0. The fourth-order valence-corrected chi connectivity index (χ4v) is 4.83. The Hall–Kier alpha value is -2.38. The van der Waals surface area contributed by atoms with Crippen molar-refractivity contribution in [2.45, 2.75) is 19.4 Å². The normalized spacial score (nSPS) is 14.8. The summed E-state index contributed by atoms with van der Waals surface area (Å²) in [7, 11) is -2.16. The van der Waals surface area contributed by atoms with Crippen molar-refractivity contribution in [3.05, 3.63) is 65.7 Å². The summed E-state index contributed by atoms with van der Waals surface area (Å²) in [6, 6.07) is 16.0. The summed E-state index contributed by atoms with van der Waals surface area (Å²) < 4.78 is 32.4. The molecule has 0 radical (unpaired) electrons. The second kappa shape index (κ2) is 9.21. The number of carbonyl (C=O) groups is 1. The minimum absolute atomic E-state index is 0.0855. The van der Waals surface area contributed by atoms with Crippen LogP contribution in [0, 0.1) is 0 Å². The molecule has 0 N–H and O–H groups in total. The first-order valence-electron chi connectivity index (χ1n) is 9.45. The molecule has 6 nitrogen and oxygen atoms in total. The molecule has 1 saturated heterocycles. The number of hydrogen-bond acceptors (Lipinski definition) is 5. The maximum absolute atomic E-state index is 13.1. The molecule has 1 aliphatic rings. The van der Waals surface area contributed by atoms with Gasteiger partial charge in [0.1, 0.15) is 0 Å². The summed E-state index contributed by atoms with van der Waals surface area (Å²) in [5, 5.41) is 0. The van der Waals surface area contributed by atoms with Gasteiger partial charge in [-0.15, -0.1) is 0 Å². The standard InChI is InChI=1S/C21H26N2O4S/c1-27-21(24)19-11-9-18(10-12-19)17-23(20-7-3-2-4-8-20)28(25,26)16-15-22-13-5-6-14-22/h2-4,7-12H,5-6,13-17H2,1H3. The summed E-state index contributed by atoms with van der Waals surface area (Å²) in [5.41, 5.74) is 1.89. The lowest BCUT2D eigenvalue weighted by atomic mass is 10.1. The van der Waals surface area contributed by atoms with E-state index in [-0.39, 0.29) is 12.3 Å². The summed E-state index contributed by atoms with van der Waals surface area (Å²) in [6.45, 7) is 2.70. The Labute approximate surface area is 166 Å². The SMILES string of the molecule is COC(=O)c1ccc(CN(c2ccccc2)S(=O)(=O)CCN2CCCC2)cc1. The second-order valence-electron chi connectivity index (χ2n) is 6.90. The lowest BCUT2D eigenvalue weighted by molar-refractivity contribution is 0.0600. The van der Waals surface area contributed by atoms with E-state index in [9.17, 15) is 13.2 Å². The van der Waals surface area contributed by atoms with Gasteiger partial charge in [0.05, 0.1) is 30.7 Å². The maximum atomic E-state index is 13.1. The van der Waals surface area contributed by atoms with E-state index in [2.05, 4.69) is 4.90 Å². The van der Waals surface area contributed by atoms with Crippen LogP contribution in [-0.2, 0) is 21.3 Å². The third-order valence-electron chi connectivity index (χ3n) is 4.95. The van der Waals surface area contributed by atoms with Crippen molar-refractivity contribution < 1.29 is 17.9 Å². The van der Waals surface area contributed by atoms with Gasteiger partial charge in [-0.05, 0) is 55.8 Å². The van der Waals surface area contributed by atoms with Crippen molar-refractivity contribution in [1.82, 2.24) is 4.90 Å². The Balaban J connectivity index is 1.80. The van der Waals surface area contributed by atoms with Crippen molar-refractivity contribution in [2.75, 3.05) is 36.8 Å². The first-order chi connectivity index (χ1) is 13.5. The molecule has 150 valence electrons. The Bertz CT molecular complexity index is 876. The Kier molecular flexibility index (Phi) is 6.70. The fraction of sp³-hybridized carbons (Fsp3) is 0.381. The summed E-state index contributed by atoms with van der Waals surface area (Å²) in [4.78, 5) is 13.8. The van der Waals surface area contributed by atoms with E-state index < -0.39 is 16.0 Å². The fourth-order valence-electron chi connectivity index (χ4n) is 3.34. The molecule has 2 aromatic carbocycles. The lowest BCUT2D eigenvalue weighted by Crippen LogP contribution is -2.37. The number of esters is 1. The lowest BCUT2D eigenvalue weighted by Gasteiger charge is -2.26. The molecule has 0 aliphatic carbocycles.